The van der Waals surface area contributed by atoms with Crippen molar-refractivity contribution in [1.29, 1.82) is 0 Å². The lowest BCUT2D eigenvalue weighted by Crippen LogP contribution is -2.25. The molecule has 1 saturated heterocycles. The van der Waals surface area contributed by atoms with E-state index in [2.05, 4.69) is 4.90 Å². The molecule has 1 aromatic rings. The number of anilines is 2. The standard InChI is InChI=1S/C12H17N3O2/c1-17-9-4-5-15(7-9)11-6-8(13)2-3-10(11)12(14)16/h2-3,6,9H,4-5,7,13H2,1H3,(H2,14,16). The van der Waals surface area contributed by atoms with Gasteiger partial charge in [-0.15, -0.1) is 0 Å². The Morgan fingerprint density at radius 3 is 2.88 bits per heavy atom. The lowest BCUT2D eigenvalue weighted by Gasteiger charge is -2.21. The quantitative estimate of drug-likeness (QED) is 0.751. The number of hydrogen-bond donors (Lipinski definition) is 2. The average molecular weight is 235 g/mol. The van der Waals surface area contributed by atoms with Gasteiger partial charge in [-0.25, -0.2) is 0 Å². The second kappa shape index (κ2) is 4.63. The van der Waals surface area contributed by atoms with Crippen LogP contribution >= 0.6 is 0 Å². The average Bonchev–Trinajstić information content (AvgIpc) is 2.76. The monoisotopic (exact) mass is 235 g/mol. The molecule has 4 N–H and O–H groups in total. The molecule has 5 heteroatoms. The molecule has 1 atom stereocenters. The van der Waals surface area contributed by atoms with Crippen LogP contribution in [0.2, 0.25) is 0 Å². The van der Waals surface area contributed by atoms with E-state index in [1.807, 2.05) is 0 Å². The summed E-state index contributed by atoms with van der Waals surface area (Å²) in [6, 6.07) is 5.15. The van der Waals surface area contributed by atoms with Gasteiger partial charge in [0.1, 0.15) is 0 Å². The van der Waals surface area contributed by atoms with E-state index in [1.165, 1.54) is 0 Å². The number of benzene rings is 1. The van der Waals surface area contributed by atoms with Crippen molar-refractivity contribution in [2.75, 3.05) is 30.8 Å². The Kier molecular flexibility index (Phi) is 3.19. The molecule has 1 aliphatic rings. The highest BCUT2D eigenvalue weighted by atomic mass is 16.5. The van der Waals surface area contributed by atoms with Crippen molar-refractivity contribution in [1.82, 2.24) is 0 Å². The van der Waals surface area contributed by atoms with Gasteiger partial charge in [-0.1, -0.05) is 0 Å². The van der Waals surface area contributed by atoms with Crippen molar-refractivity contribution in [2.45, 2.75) is 12.5 Å². The van der Waals surface area contributed by atoms with Crippen molar-refractivity contribution >= 4 is 17.3 Å². The first-order valence-corrected chi connectivity index (χ1v) is 5.59. The minimum absolute atomic E-state index is 0.206. The van der Waals surface area contributed by atoms with Crippen LogP contribution in [0, 0.1) is 0 Å². The first kappa shape index (κ1) is 11.7. The Labute approximate surface area is 100 Å². The molecule has 0 saturated carbocycles. The summed E-state index contributed by atoms with van der Waals surface area (Å²) in [7, 11) is 1.70. The first-order valence-electron chi connectivity index (χ1n) is 5.59. The third-order valence-corrected chi connectivity index (χ3v) is 3.11. The Balaban J connectivity index is 2.31. The number of nitrogens with two attached hydrogens (primary N) is 2. The van der Waals surface area contributed by atoms with E-state index in [4.69, 9.17) is 16.2 Å². The molecule has 0 radical (unpaired) electrons. The van der Waals surface area contributed by atoms with Crippen LogP contribution in [0.1, 0.15) is 16.8 Å². The minimum Gasteiger partial charge on any atom is -0.399 e. The molecule has 1 aromatic carbocycles. The van der Waals surface area contributed by atoms with E-state index < -0.39 is 5.91 Å². The smallest absolute Gasteiger partial charge is 0.250 e. The largest absolute Gasteiger partial charge is 0.399 e. The van der Waals surface area contributed by atoms with Gasteiger partial charge in [0, 0.05) is 25.9 Å². The summed E-state index contributed by atoms with van der Waals surface area (Å²) in [5.41, 5.74) is 13.1. The van der Waals surface area contributed by atoms with Crippen LogP contribution in [0.3, 0.4) is 0 Å². The van der Waals surface area contributed by atoms with E-state index in [0.29, 0.717) is 11.3 Å². The summed E-state index contributed by atoms with van der Waals surface area (Å²) in [6.07, 6.45) is 1.15. The highest BCUT2D eigenvalue weighted by molar-refractivity contribution is 5.99. The van der Waals surface area contributed by atoms with Gasteiger partial charge in [0.05, 0.1) is 17.4 Å². The molecular weight excluding hydrogens is 218 g/mol. The number of hydrogen-bond acceptors (Lipinski definition) is 4. The van der Waals surface area contributed by atoms with Gasteiger partial charge in [0.2, 0.25) is 0 Å². The number of primary amides is 1. The van der Waals surface area contributed by atoms with Crippen LogP contribution < -0.4 is 16.4 Å². The van der Waals surface area contributed by atoms with Gasteiger partial charge in [0.25, 0.3) is 5.91 Å². The van der Waals surface area contributed by atoms with Gasteiger partial charge in [-0.3, -0.25) is 4.79 Å². The molecule has 1 fully saturated rings. The van der Waals surface area contributed by atoms with E-state index in [-0.39, 0.29) is 6.10 Å². The van der Waals surface area contributed by atoms with Gasteiger partial charge < -0.3 is 21.1 Å². The normalized spacial score (nSPS) is 19.6. The summed E-state index contributed by atoms with van der Waals surface area (Å²) in [5, 5.41) is 0. The molecule has 17 heavy (non-hydrogen) atoms. The van der Waals surface area contributed by atoms with Gasteiger partial charge in [0.15, 0.2) is 0 Å². The van der Waals surface area contributed by atoms with Crippen LogP contribution in [0.5, 0.6) is 0 Å². The summed E-state index contributed by atoms with van der Waals surface area (Å²) in [5.74, 6) is -0.430. The Bertz CT molecular complexity index is 434. The first-order chi connectivity index (χ1) is 8.11. The Morgan fingerprint density at radius 1 is 1.53 bits per heavy atom. The number of nitrogen functional groups attached to an aromatic ring is 1. The molecule has 2 rings (SSSR count). The molecule has 0 aliphatic carbocycles. The third-order valence-electron chi connectivity index (χ3n) is 3.11. The third kappa shape index (κ3) is 2.34. The predicted molar refractivity (Wildman–Crippen MR) is 67.0 cm³/mol. The number of ether oxygens (including phenoxy) is 1. The molecule has 0 aromatic heterocycles. The fraction of sp³-hybridized carbons (Fsp3) is 0.417. The Morgan fingerprint density at radius 2 is 2.29 bits per heavy atom. The van der Waals surface area contributed by atoms with Crippen LogP contribution in [-0.4, -0.2) is 32.2 Å². The number of carbonyl (C=O) groups is 1. The SMILES string of the molecule is COC1CCN(c2cc(N)ccc2C(N)=O)C1. The summed E-state index contributed by atoms with van der Waals surface area (Å²) in [6.45, 7) is 1.61. The maximum atomic E-state index is 11.4. The van der Waals surface area contributed by atoms with Crippen molar-refractivity contribution in [2.24, 2.45) is 5.73 Å². The fourth-order valence-electron chi connectivity index (χ4n) is 2.16. The summed E-state index contributed by atoms with van der Waals surface area (Å²) in [4.78, 5) is 13.5. The van der Waals surface area contributed by atoms with Gasteiger partial charge in [-0.05, 0) is 24.6 Å². The lowest BCUT2D eigenvalue weighted by atomic mass is 10.1. The van der Waals surface area contributed by atoms with Crippen LogP contribution in [0.4, 0.5) is 11.4 Å². The molecule has 1 amide bonds. The van der Waals surface area contributed by atoms with Crippen LogP contribution in [0.25, 0.3) is 0 Å². The zero-order valence-electron chi connectivity index (χ0n) is 9.85. The zero-order valence-corrected chi connectivity index (χ0v) is 9.85. The molecule has 92 valence electrons. The summed E-state index contributed by atoms with van der Waals surface area (Å²) >= 11 is 0. The highest BCUT2D eigenvalue weighted by Gasteiger charge is 2.25. The van der Waals surface area contributed by atoms with Gasteiger partial charge >= 0.3 is 0 Å². The minimum atomic E-state index is -0.430. The van der Waals surface area contributed by atoms with Crippen molar-refractivity contribution in [3.8, 4) is 0 Å². The van der Waals surface area contributed by atoms with Crippen molar-refractivity contribution < 1.29 is 9.53 Å². The van der Waals surface area contributed by atoms with Crippen LogP contribution in [0.15, 0.2) is 18.2 Å². The number of carbonyl (C=O) groups excluding carboxylic acids is 1. The topological polar surface area (TPSA) is 81.6 Å². The maximum Gasteiger partial charge on any atom is 0.250 e. The molecule has 0 spiro atoms. The van der Waals surface area contributed by atoms with E-state index in [0.717, 1.165) is 25.2 Å². The summed E-state index contributed by atoms with van der Waals surface area (Å²) < 4.78 is 5.30. The Hall–Kier alpha value is -1.75. The number of rotatable bonds is 3. The highest BCUT2D eigenvalue weighted by Crippen LogP contribution is 2.27. The second-order valence-electron chi connectivity index (χ2n) is 4.23. The molecular formula is C12H17N3O2. The van der Waals surface area contributed by atoms with E-state index in [1.54, 1.807) is 25.3 Å². The molecule has 0 bridgehead atoms. The zero-order chi connectivity index (χ0) is 12.4. The fourth-order valence-corrected chi connectivity index (χ4v) is 2.16. The van der Waals surface area contributed by atoms with Crippen LogP contribution in [-0.2, 0) is 4.74 Å². The second-order valence-corrected chi connectivity index (χ2v) is 4.23. The number of amides is 1. The van der Waals surface area contributed by atoms with Crippen molar-refractivity contribution in [3.05, 3.63) is 23.8 Å². The lowest BCUT2D eigenvalue weighted by molar-refractivity contribution is 0.100. The predicted octanol–water partition coefficient (Wildman–Crippen LogP) is 0.593. The van der Waals surface area contributed by atoms with E-state index >= 15 is 0 Å². The van der Waals surface area contributed by atoms with Crippen molar-refractivity contribution in [3.63, 3.8) is 0 Å². The molecule has 1 unspecified atom stereocenters. The molecule has 1 aliphatic heterocycles. The number of methoxy groups -OCH3 is 1. The number of nitrogens with zero attached hydrogens (tertiary/aromatic N) is 1. The molecule has 5 nitrogen and oxygen atoms in total. The maximum absolute atomic E-state index is 11.4. The van der Waals surface area contributed by atoms with Gasteiger partial charge in [-0.2, -0.15) is 0 Å². The molecule has 1 heterocycles. The van der Waals surface area contributed by atoms with E-state index in [9.17, 15) is 4.79 Å².